The molecule has 2 aromatic heterocycles. The molecule has 2 heterocycles. The highest BCUT2D eigenvalue weighted by Gasteiger charge is 2.18. The van der Waals surface area contributed by atoms with E-state index in [1.54, 1.807) is 6.20 Å². The van der Waals surface area contributed by atoms with Crippen LogP contribution in [0.3, 0.4) is 0 Å². The normalized spacial score (nSPS) is 10.9. The van der Waals surface area contributed by atoms with Crippen molar-refractivity contribution in [2.45, 2.75) is 20.4 Å². The molecule has 2 aromatic carbocycles. The molecular formula is C23H20N2O2S. The highest BCUT2D eigenvalue weighted by Crippen LogP contribution is 2.26. The number of rotatable bonds is 5. The monoisotopic (exact) mass is 388 g/mol. The van der Waals surface area contributed by atoms with Crippen molar-refractivity contribution >= 4 is 39.6 Å². The maximum atomic E-state index is 12.9. The molecule has 4 rings (SSSR count). The third kappa shape index (κ3) is 3.37. The second kappa shape index (κ2) is 7.44. The molecule has 1 amide bonds. The molecule has 0 aliphatic carbocycles. The smallest absolute Gasteiger partial charge is 0.244 e. The number of anilines is 1. The number of para-hydroxylation sites is 1. The highest BCUT2D eigenvalue weighted by atomic mass is 32.1. The van der Waals surface area contributed by atoms with Crippen LogP contribution in [0.5, 0.6) is 0 Å². The molecule has 5 heteroatoms. The molecule has 0 aliphatic heterocycles. The lowest BCUT2D eigenvalue weighted by atomic mass is 10.1. The van der Waals surface area contributed by atoms with Crippen molar-refractivity contribution < 1.29 is 9.59 Å². The first-order chi connectivity index (χ1) is 13.5. The molecule has 0 unspecified atom stereocenters. The van der Waals surface area contributed by atoms with E-state index >= 15 is 0 Å². The van der Waals surface area contributed by atoms with Crippen molar-refractivity contribution in [3.63, 3.8) is 0 Å². The Kier molecular flexibility index (Phi) is 4.84. The van der Waals surface area contributed by atoms with Gasteiger partial charge in [0, 0.05) is 28.4 Å². The van der Waals surface area contributed by atoms with Gasteiger partial charge < -0.3 is 9.88 Å². The SMILES string of the molecule is Cc1cccc(NC(=O)Cn2cc(C(=O)c3cccs3)c3ccccc32)c1C. The maximum absolute atomic E-state index is 12.9. The molecule has 4 nitrogen and oxygen atoms in total. The summed E-state index contributed by atoms with van der Waals surface area (Å²) in [6, 6.07) is 17.2. The Morgan fingerprint density at radius 1 is 1.00 bits per heavy atom. The van der Waals surface area contributed by atoms with Crippen LogP contribution in [0.4, 0.5) is 5.69 Å². The third-order valence-electron chi connectivity index (χ3n) is 4.97. The summed E-state index contributed by atoms with van der Waals surface area (Å²) in [7, 11) is 0. The van der Waals surface area contributed by atoms with Crippen LogP contribution >= 0.6 is 11.3 Å². The van der Waals surface area contributed by atoms with Crippen LogP contribution in [-0.4, -0.2) is 16.3 Å². The van der Waals surface area contributed by atoms with Gasteiger partial charge in [0.05, 0.1) is 4.88 Å². The van der Waals surface area contributed by atoms with Gasteiger partial charge >= 0.3 is 0 Å². The predicted molar refractivity (Wildman–Crippen MR) is 114 cm³/mol. The zero-order chi connectivity index (χ0) is 19.7. The van der Waals surface area contributed by atoms with Gasteiger partial charge in [0.25, 0.3) is 0 Å². The van der Waals surface area contributed by atoms with E-state index in [1.807, 2.05) is 78.4 Å². The average molecular weight is 388 g/mol. The van der Waals surface area contributed by atoms with E-state index in [-0.39, 0.29) is 18.2 Å². The Bertz CT molecular complexity index is 1170. The topological polar surface area (TPSA) is 51.1 Å². The maximum Gasteiger partial charge on any atom is 0.244 e. The van der Waals surface area contributed by atoms with E-state index in [1.165, 1.54) is 11.3 Å². The molecule has 0 radical (unpaired) electrons. The lowest BCUT2D eigenvalue weighted by molar-refractivity contribution is -0.116. The number of thiophene rings is 1. The van der Waals surface area contributed by atoms with Gasteiger partial charge in [-0.05, 0) is 48.6 Å². The standard InChI is InChI=1S/C23H20N2O2S/c1-15-7-5-9-19(16(15)2)24-22(26)14-25-13-18(17-8-3-4-10-20(17)25)23(27)21-11-6-12-28-21/h3-13H,14H2,1-2H3,(H,24,26). The van der Waals surface area contributed by atoms with E-state index in [9.17, 15) is 9.59 Å². The van der Waals surface area contributed by atoms with Gasteiger partial charge in [0.1, 0.15) is 6.54 Å². The van der Waals surface area contributed by atoms with Gasteiger partial charge in [0.2, 0.25) is 11.7 Å². The Hall–Kier alpha value is -3.18. The fourth-order valence-corrected chi connectivity index (χ4v) is 4.01. The summed E-state index contributed by atoms with van der Waals surface area (Å²) < 4.78 is 1.84. The highest BCUT2D eigenvalue weighted by molar-refractivity contribution is 7.12. The molecule has 1 N–H and O–H groups in total. The number of nitrogens with zero attached hydrogens (tertiary/aromatic N) is 1. The van der Waals surface area contributed by atoms with E-state index in [2.05, 4.69) is 5.32 Å². The molecule has 0 spiro atoms. The molecule has 0 saturated carbocycles. The first-order valence-corrected chi connectivity index (χ1v) is 9.94. The van der Waals surface area contributed by atoms with Crippen LogP contribution in [0.15, 0.2) is 66.2 Å². The molecule has 28 heavy (non-hydrogen) atoms. The van der Waals surface area contributed by atoms with E-state index in [0.29, 0.717) is 10.4 Å². The number of hydrogen-bond donors (Lipinski definition) is 1. The van der Waals surface area contributed by atoms with Crippen molar-refractivity contribution in [1.82, 2.24) is 4.57 Å². The lowest BCUT2D eigenvalue weighted by Crippen LogP contribution is -2.19. The zero-order valence-electron chi connectivity index (χ0n) is 15.7. The number of carbonyl (C=O) groups is 2. The second-order valence-electron chi connectivity index (χ2n) is 6.79. The summed E-state index contributed by atoms with van der Waals surface area (Å²) in [6.07, 6.45) is 1.79. The second-order valence-corrected chi connectivity index (χ2v) is 7.74. The van der Waals surface area contributed by atoms with Crippen LogP contribution in [0.1, 0.15) is 26.4 Å². The van der Waals surface area contributed by atoms with Crippen LogP contribution in [-0.2, 0) is 11.3 Å². The number of amides is 1. The number of carbonyl (C=O) groups excluding carboxylic acids is 2. The fraction of sp³-hybridized carbons (Fsp3) is 0.130. The predicted octanol–water partition coefficient (Wildman–Crippen LogP) is 5.19. The minimum atomic E-state index is -0.121. The fourth-order valence-electron chi connectivity index (χ4n) is 3.33. The van der Waals surface area contributed by atoms with Gasteiger partial charge in [-0.3, -0.25) is 9.59 Å². The summed E-state index contributed by atoms with van der Waals surface area (Å²) in [6.45, 7) is 4.16. The number of benzene rings is 2. The summed E-state index contributed by atoms with van der Waals surface area (Å²) >= 11 is 1.42. The van der Waals surface area contributed by atoms with Gasteiger partial charge in [-0.25, -0.2) is 0 Å². The first-order valence-electron chi connectivity index (χ1n) is 9.07. The van der Waals surface area contributed by atoms with Gasteiger partial charge in [-0.1, -0.05) is 36.4 Å². The summed E-state index contributed by atoms with van der Waals surface area (Å²) in [4.78, 5) is 26.3. The van der Waals surface area contributed by atoms with Crippen LogP contribution in [0.2, 0.25) is 0 Å². The van der Waals surface area contributed by atoms with E-state index in [4.69, 9.17) is 0 Å². The quantitative estimate of drug-likeness (QED) is 0.478. The summed E-state index contributed by atoms with van der Waals surface area (Å²) in [5.74, 6) is -0.135. The van der Waals surface area contributed by atoms with E-state index in [0.717, 1.165) is 27.7 Å². The Labute approximate surface area is 167 Å². The summed E-state index contributed by atoms with van der Waals surface area (Å²) in [5, 5.41) is 5.74. The van der Waals surface area contributed by atoms with Gasteiger partial charge in [-0.2, -0.15) is 0 Å². The van der Waals surface area contributed by atoms with Crippen molar-refractivity contribution in [3.8, 4) is 0 Å². The van der Waals surface area contributed by atoms with Crippen molar-refractivity contribution in [1.29, 1.82) is 0 Å². The molecule has 4 aromatic rings. The summed E-state index contributed by atoms with van der Waals surface area (Å²) in [5.41, 5.74) is 4.50. The van der Waals surface area contributed by atoms with Crippen molar-refractivity contribution in [2.75, 3.05) is 5.32 Å². The zero-order valence-corrected chi connectivity index (χ0v) is 16.5. The van der Waals surface area contributed by atoms with Gasteiger partial charge in [0.15, 0.2) is 0 Å². The van der Waals surface area contributed by atoms with Crippen LogP contribution in [0.25, 0.3) is 10.9 Å². The number of fused-ring (bicyclic) bond motifs is 1. The first kappa shape index (κ1) is 18.2. The number of nitrogens with one attached hydrogen (secondary N) is 1. The Balaban J connectivity index is 1.65. The van der Waals surface area contributed by atoms with E-state index < -0.39 is 0 Å². The van der Waals surface area contributed by atoms with Crippen molar-refractivity contribution in [2.24, 2.45) is 0 Å². The molecule has 0 bridgehead atoms. The number of hydrogen-bond acceptors (Lipinski definition) is 3. The number of ketones is 1. The van der Waals surface area contributed by atoms with Crippen LogP contribution in [0, 0.1) is 13.8 Å². The van der Waals surface area contributed by atoms with Gasteiger partial charge in [-0.15, -0.1) is 11.3 Å². The average Bonchev–Trinajstić information content (AvgIpc) is 3.34. The molecule has 0 saturated heterocycles. The minimum absolute atomic E-state index is 0.0140. The van der Waals surface area contributed by atoms with Crippen molar-refractivity contribution in [3.05, 3.63) is 87.7 Å². The Morgan fingerprint density at radius 3 is 2.61 bits per heavy atom. The molecule has 0 fully saturated rings. The Morgan fingerprint density at radius 2 is 1.82 bits per heavy atom. The molecule has 0 atom stereocenters. The minimum Gasteiger partial charge on any atom is -0.337 e. The van der Waals surface area contributed by atoms with Crippen LogP contribution < -0.4 is 5.32 Å². The lowest BCUT2D eigenvalue weighted by Gasteiger charge is -2.11. The molecule has 140 valence electrons. The molecular weight excluding hydrogens is 368 g/mol. The molecule has 0 aliphatic rings. The largest absolute Gasteiger partial charge is 0.337 e. The third-order valence-corrected chi connectivity index (χ3v) is 5.84. The number of aromatic nitrogens is 1. The number of aryl methyl sites for hydroxylation is 1.